The van der Waals surface area contributed by atoms with E-state index in [1.807, 2.05) is 16.4 Å². The first kappa shape index (κ1) is 20.5. The molecule has 0 radical (unpaired) electrons. The summed E-state index contributed by atoms with van der Waals surface area (Å²) in [6.07, 6.45) is 3.26. The third kappa shape index (κ3) is 2.89. The number of aromatic hydroxyl groups is 1. The third-order valence-electron chi connectivity index (χ3n) is 7.13. The zero-order valence-corrected chi connectivity index (χ0v) is 18.5. The van der Waals surface area contributed by atoms with Gasteiger partial charge in [0.25, 0.3) is 5.91 Å². The minimum absolute atomic E-state index is 0.0172. The Morgan fingerprint density at radius 3 is 2.76 bits per heavy atom. The number of carbonyl (C=O) groups excluding carboxylic acids is 1. The number of nitrogens with zero attached hydrogens (tertiary/aromatic N) is 4. The van der Waals surface area contributed by atoms with Gasteiger partial charge in [-0.1, -0.05) is 17.4 Å². The molecule has 6 rings (SSSR count). The molecule has 5 heterocycles. The van der Waals surface area contributed by atoms with Crippen LogP contribution in [-0.2, 0) is 12.8 Å². The van der Waals surface area contributed by atoms with Crippen LogP contribution in [0.15, 0.2) is 23.0 Å². The highest BCUT2D eigenvalue weighted by atomic mass is 32.1. The maximum Gasteiger partial charge on any atom is 0.275 e. The second-order valence-corrected chi connectivity index (χ2v) is 10.0. The van der Waals surface area contributed by atoms with E-state index in [0.717, 1.165) is 36.7 Å². The van der Waals surface area contributed by atoms with Crippen molar-refractivity contribution in [3.05, 3.63) is 62.0 Å². The molecule has 0 bridgehead atoms. The van der Waals surface area contributed by atoms with Crippen LogP contribution in [0.1, 0.15) is 59.0 Å². The molecule has 10 heteroatoms. The molecule has 33 heavy (non-hydrogen) atoms. The van der Waals surface area contributed by atoms with E-state index in [9.17, 15) is 23.5 Å². The smallest absolute Gasteiger partial charge is 0.275 e. The van der Waals surface area contributed by atoms with Crippen LogP contribution in [0.3, 0.4) is 0 Å². The Morgan fingerprint density at radius 1 is 1.15 bits per heavy atom. The van der Waals surface area contributed by atoms with Gasteiger partial charge in [0.1, 0.15) is 16.6 Å². The van der Waals surface area contributed by atoms with Gasteiger partial charge in [0.15, 0.2) is 16.5 Å². The first-order valence-corrected chi connectivity index (χ1v) is 11.8. The van der Waals surface area contributed by atoms with E-state index in [1.165, 1.54) is 12.1 Å². The Balaban J connectivity index is 1.44. The van der Waals surface area contributed by atoms with Gasteiger partial charge in [0, 0.05) is 24.2 Å². The zero-order chi connectivity index (χ0) is 23.0. The van der Waals surface area contributed by atoms with Crippen LogP contribution >= 0.6 is 11.3 Å². The lowest BCUT2D eigenvalue weighted by atomic mass is 10.0. The number of fused-ring (bicyclic) bond motifs is 2. The van der Waals surface area contributed by atoms with Gasteiger partial charge in [-0.2, -0.15) is 0 Å². The van der Waals surface area contributed by atoms with Gasteiger partial charge in [-0.05, 0) is 44.2 Å². The van der Waals surface area contributed by atoms with Gasteiger partial charge < -0.3 is 14.6 Å². The summed E-state index contributed by atoms with van der Waals surface area (Å²) in [5, 5.41) is 19.9. The van der Waals surface area contributed by atoms with E-state index in [4.69, 9.17) is 0 Å². The second-order valence-electron chi connectivity index (χ2n) is 8.94. The van der Waals surface area contributed by atoms with E-state index in [0.29, 0.717) is 22.1 Å². The summed E-state index contributed by atoms with van der Waals surface area (Å²) >= 11 is 1.13. The van der Waals surface area contributed by atoms with Crippen LogP contribution in [0.25, 0.3) is 10.6 Å². The molecule has 1 amide bonds. The van der Waals surface area contributed by atoms with Gasteiger partial charge in [0.05, 0.1) is 17.6 Å². The SMILES string of the molecule is C[C@H]1CCC2C3CCc4c(-c5nnc(Cc6ccc(F)cc6F)s5)c(=O)c(O)c(n43)C(=O)N21. The fourth-order valence-electron chi connectivity index (χ4n) is 5.66. The lowest BCUT2D eigenvalue weighted by molar-refractivity contribution is 0.0543. The molecule has 0 saturated carbocycles. The molecule has 2 aromatic heterocycles. The molecule has 7 nitrogen and oxygen atoms in total. The average Bonchev–Trinajstić information content (AvgIpc) is 3.50. The number of amides is 1. The topological polar surface area (TPSA) is 88.3 Å². The minimum atomic E-state index is -0.673. The number of rotatable bonds is 3. The van der Waals surface area contributed by atoms with Crippen molar-refractivity contribution in [2.24, 2.45) is 0 Å². The molecule has 1 fully saturated rings. The quantitative estimate of drug-likeness (QED) is 0.634. The van der Waals surface area contributed by atoms with Crippen molar-refractivity contribution in [2.75, 3.05) is 0 Å². The monoisotopic (exact) mass is 470 g/mol. The number of hydrogen-bond acceptors (Lipinski definition) is 6. The maximum absolute atomic E-state index is 14.1. The van der Waals surface area contributed by atoms with Crippen LogP contribution in [0.4, 0.5) is 8.78 Å². The molecular formula is C23H20F2N4O3S. The van der Waals surface area contributed by atoms with Crippen molar-refractivity contribution >= 4 is 17.2 Å². The van der Waals surface area contributed by atoms with E-state index in [-0.39, 0.29) is 47.3 Å². The fourth-order valence-corrected chi connectivity index (χ4v) is 6.59. The average molecular weight is 471 g/mol. The number of halogens is 2. The highest BCUT2D eigenvalue weighted by Crippen LogP contribution is 2.46. The summed E-state index contributed by atoms with van der Waals surface area (Å²) in [7, 11) is 0. The number of aromatic nitrogens is 3. The molecular weight excluding hydrogens is 450 g/mol. The number of carbonyl (C=O) groups is 1. The predicted molar refractivity (Wildman–Crippen MR) is 116 cm³/mol. The predicted octanol–water partition coefficient (Wildman–Crippen LogP) is 3.44. The highest BCUT2D eigenvalue weighted by Gasteiger charge is 2.49. The van der Waals surface area contributed by atoms with Crippen molar-refractivity contribution < 1.29 is 18.7 Å². The first-order chi connectivity index (χ1) is 15.8. The van der Waals surface area contributed by atoms with Crippen LogP contribution in [0, 0.1) is 11.6 Å². The number of benzene rings is 1. The summed E-state index contributed by atoms with van der Waals surface area (Å²) in [6, 6.07) is 3.50. The van der Waals surface area contributed by atoms with E-state index < -0.39 is 22.8 Å². The van der Waals surface area contributed by atoms with Crippen LogP contribution in [0.5, 0.6) is 5.75 Å². The largest absolute Gasteiger partial charge is 0.503 e. The Bertz CT molecular complexity index is 1380. The van der Waals surface area contributed by atoms with Gasteiger partial charge in [0.2, 0.25) is 5.43 Å². The molecule has 3 aliphatic rings. The molecule has 0 aliphatic carbocycles. The van der Waals surface area contributed by atoms with Gasteiger partial charge in [-0.15, -0.1) is 10.2 Å². The Labute approximate surface area is 191 Å². The van der Waals surface area contributed by atoms with Crippen molar-refractivity contribution in [1.82, 2.24) is 19.7 Å². The van der Waals surface area contributed by atoms with Crippen molar-refractivity contribution in [2.45, 2.75) is 57.2 Å². The van der Waals surface area contributed by atoms with Crippen LogP contribution < -0.4 is 5.43 Å². The zero-order valence-electron chi connectivity index (χ0n) is 17.7. The molecule has 170 valence electrons. The fraction of sp³-hybridized carbons (Fsp3) is 0.391. The Hall–Kier alpha value is -3.14. The summed E-state index contributed by atoms with van der Waals surface area (Å²) in [4.78, 5) is 28.3. The normalized spacial score (nSPS) is 23.2. The van der Waals surface area contributed by atoms with Gasteiger partial charge in [-0.25, -0.2) is 8.78 Å². The Morgan fingerprint density at radius 2 is 1.97 bits per heavy atom. The molecule has 1 aromatic carbocycles. The number of hydrogen-bond donors (Lipinski definition) is 1. The summed E-state index contributed by atoms with van der Waals surface area (Å²) < 4.78 is 29.1. The summed E-state index contributed by atoms with van der Waals surface area (Å²) in [5.74, 6) is -2.18. The minimum Gasteiger partial charge on any atom is -0.503 e. The van der Waals surface area contributed by atoms with Crippen molar-refractivity contribution in [1.29, 1.82) is 0 Å². The molecule has 1 N–H and O–H groups in total. The highest BCUT2D eigenvalue weighted by molar-refractivity contribution is 7.14. The number of pyridine rings is 1. The standard InChI is InChI=1S/C23H20F2N4O3S/c1-10-2-5-14-15-6-7-16-18(20(30)21(31)19(29(15)16)23(32)28(10)14)22-27-26-17(33-22)8-11-3-4-12(24)9-13(11)25/h3-4,9-10,14-15,31H,2,5-8H2,1H3/t10-,14?,15?/m0/s1. The van der Waals surface area contributed by atoms with Crippen LogP contribution in [-0.4, -0.2) is 42.8 Å². The third-order valence-corrected chi connectivity index (χ3v) is 8.07. The molecule has 0 spiro atoms. The summed E-state index contributed by atoms with van der Waals surface area (Å²) in [6.45, 7) is 2.00. The van der Waals surface area contributed by atoms with E-state index in [1.54, 1.807) is 0 Å². The van der Waals surface area contributed by atoms with Gasteiger partial charge >= 0.3 is 0 Å². The van der Waals surface area contributed by atoms with Crippen molar-refractivity contribution in [3.63, 3.8) is 0 Å². The second kappa shape index (κ2) is 7.18. The van der Waals surface area contributed by atoms with Gasteiger partial charge in [-0.3, -0.25) is 9.59 Å². The molecule has 1 saturated heterocycles. The Kier molecular flexibility index (Phi) is 4.45. The maximum atomic E-state index is 14.1. The first-order valence-electron chi connectivity index (χ1n) is 10.9. The lowest BCUT2D eigenvalue weighted by Gasteiger charge is -2.39. The molecule has 3 aliphatic heterocycles. The molecule has 3 atom stereocenters. The van der Waals surface area contributed by atoms with E-state index in [2.05, 4.69) is 10.2 Å². The van der Waals surface area contributed by atoms with Crippen molar-refractivity contribution in [3.8, 4) is 16.3 Å². The molecule has 2 unspecified atom stereocenters. The van der Waals surface area contributed by atoms with E-state index >= 15 is 0 Å². The molecule has 3 aromatic rings. The van der Waals surface area contributed by atoms with Crippen LogP contribution in [0.2, 0.25) is 0 Å². The summed E-state index contributed by atoms with van der Waals surface area (Å²) in [5.41, 5.74) is 0.667. The lowest BCUT2D eigenvalue weighted by Crippen LogP contribution is -2.49.